The van der Waals surface area contributed by atoms with Crippen molar-refractivity contribution >= 4 is 17.1 Å². The van der Waals surface area contributed by atoms with Crippen molar-refractivity contribution in [2.45, 2.75) is 58.5 Å². The third-order valence-corrected chi connectivity index (χ3v) is 6.16. The molecule has 1 saturated heterocycles. The van der Waals surface area contributed by atoms with Gasteiger partial charge in [0.05, 0.1) is 19.8 Å². The topological polar surface area (TPSA) is 118 Å². The van der Waals surface area contributed by atoms with Gasteiger partial charge < -0.3 is 33.2 Å². The predicted octanol–water partition coefficient (Wildman–Crippen LogP) is 6.05. The highest BCUT2D eigenvalue weighted by Crippen LogP contribution is 2.36. The first-order valence-electron chi connectivity index (χ1n) is 12.9. The number of ether oxygens (including phenoxy) is 4. The molecule has 1 fully saturated rings. The Kier molecular flexibility index (Phi) is 6.86. The molecule has 5 rings (SSSR count). The number of carbonyl (C=O) groups is 1. The molecule has 2 aromatic heterocycles. The van der Waals surface area contributed by atoms with Crippen LogP contribution >= 0.6 is 0 Å². The summed E-state index contributed by atoms with van der Waals surface area (Å²) >= 11 is 0. The minimum absolute atomic E-state index is 0.141. The van der Waals surface area contributed by atoms with Gasteiger partial charge in [0.25, 0.3) is 5.89 Å². The summed E-state index contributed by atoms with van der Waals surface area (Å²) < 4.78 is 34.6. The molecule has 1 amide bonds. The SMILES string of the molecule is CCOc1ccc(-c2nc(-c3ccc4oc(C5(NC(=O)OC(C)(C)C)COC(C)(C)OC5)cc4c3)no2)cc1. The number of benzene rings is 2. The second-order valence-corrected chi connectivity index (χ2v) is 10.9. The lowest BCUT2D eigenvalue weighted by Crippen LogP contribution is -2.59. The Bertz CT molecular complexity index is 1450. The average Bonchev–Trinajstić information content (AvgIpc) is 3.53. The smallest absolute Gasteiger partial charge is 0.408 e. The Morgan fingerprint density at radius 3 is 2.38 bits per heavy atom. The van der Waals surface area contributed by atoms with E-state index >= 15 is 0 Å². The number of hydrogen-bond donors (Lipinski definition) is 1. The van der Waals surface area contributed by atoms with Crippen molar-refractivity contribution in [3.63, 3.8) is 0 Å². The van der Waals surface area contributed by atoms with E-state index in [9.17, 15) is 4.79 Å². The van der Waals surface area contributed by atoms with Crippen LogP contribution in [-0.2, 0) is 19.7 Å². The Morgan fingerprint density at radius 2 is 1.72 bits per heavy atom. The van der Waals surface area contributed by atoms with Crippen LogP contribution in [0.1, 0.15) is 47.3 Å². The van der Waals surface area contributed by atoms with Crippen LogP contribution in [-0.4, -0.2) is 47.4 Å². The number of aromatic nitrogens is 2. The highest BCUT2D eigenvalue weighted by molar-refractivity contribution is 5.83. The Balaban J connectivity index is 1.43. The zero-order chi connectivity index (χ0) is 27.8. The first kappa shape index (κ1) is 26.7. The number of nitrogens with zero attached hydrogens (tertiary/aromatic N) is 2. The maximum Gasteiger partial charge on any atom is 0.408 e. The van der Waals surface area contributed by atoms with Gasteiger partial charge in [-0.05, 0) is 90.1 Å². The van der Waals surface area contributed by atoms with E-state index in [1.165, 1.54) is 0 Å². The molecule has 4 aromatic rings. The van der Waals surface area contributed by atoms with Crippen LogP contribution in [0.2, 0.25) is 0 Å². The number of alkyl carbamates (subject to hydrolysis) is 1. The van der Waals surface area contributed by atoms with Crippen LogP contribution in [0.5, 0.6) is 5.75 Å². The molecule has 10 heteroatoms. The van der Waals surface area contributed by atoms with Gasteiger partial charge in [-0.25, -0.2) is 4.79 Å². The van der Waals surface area contributed by atoms with Gasteiger partial charge in [0.1, 0.15) is 28.2 Å². The number of hydrogen-bond acceptors (Lipinski definition) is 9. The highest BCUT2D eigenvalue weighted by Gasteiger charge is 2.46. The fourth-order valence-electron chi connectivity index (χ4n) is 4.19. The van der Waals surface area contributed by atoms with E-state index in [4.69, 9.17) is 27.9 Å². The van der Waals surface area contributed by atoms with Gasteiger partial charge in [0.15, 0.2) is 5.79 Å². The molecule has 0 bridgehead atoms. The van der Waals surface area contributed by atoms with Gasteiger partial charge in [-0.1, -0.05) is 5.16 Å². The van der Waals surface area contributed by atoms with E-state index in [2.05, 4.69) is 15.5 Å². The van der Waals surface area contributed by atoms with Crippen molar-refractivity contribution in [3.05, 3.63) is 54.3 Å². The van der Waals surface area contributed by atoms with Crippen LogP contribution in [0.25, 0.3) is 33.8 Å². The number of rotatable bonds is 6. The van der Waals surface area contributed by atoms with Gasteiger partial charge in [0, 0.05) is 16.5 Å². The summed E-state index contributed by atoms with van der Waals surface area (Å²) in [5, 5.41) is 7.89. The molecule has 1 aliphatic rings. The number of carbonyl (C=O) groups excluding carboxylic acids is 1. The van der Waals surface area contributed by atoms with Crippen molar-refractivity contribution in [1.82, 2.24) is 15.5 Å². The first-order valence-corrected chi connectivity index (χ1v) is 12.9. The summed E-state index contributed by atoms with van der Waals surface area (Å²) in [6.07, 6.45) is -0.593. The van der Waals surface area contributed by atoms with Gasteiger partial charge in [-0.3, -0.25) is 0 Å². The standard InChI is InChI=1S/C29H33N3O7/c1-7-34-21-11-8-18(9-12-21)25-30-24(32-39-25)19-10-13-22-20(14-19)15-23(37-22)29(16-35-28(5,6)36-17-29)31-26(33)38-27(2,3)4/h8-15H,7,16-17H2,1-6H3,(H,31,33). The minimum Gasteiger partial charge on any atom is -0.494 e. The third-order valence-electron chi connectivity index (χ3n) is 6.16. The first-order chi connectivity index (χ1) is 18.5. The maximum absolute atomic E-state index is 12.8. The molecule has 0 radical (unpaired) electrons. The average molecular weight is 536 g/mol. The zero-order valence-corrected chi connectivity index (χ0v) is 23.0. The van der Waals surface area contributed by atoms with E-state index in [0.717, 1.165) is 22.3 Å². The molecule has 39 heavy (non-hydrogen) atoms. The largest absolute Gasteiger partial charge is 0.494 e. The van der Waals surface area contributed by atoms with Gasteiger partial charge in [0.2, 0.25) is 5.82 Å². The van der Waals surface area contributed by atoms with E-state index in [1.807, 2.05) is 69.3 Å². The summed E-state index contributed by atoms with van der Waals surface area (Å²) in [5.74, 6) is 1.31. The van der Waals surface area contributed by atoms with Crippen molar-refractivity contribution in [1.29, 1.82) is 0 Å². The van der Waals surface area contributed by atoms with Crippen LogP contribution in [0.3, 0.4) is 0 Å². The summed E-state index contributed by atoms with van der Waals surface area (Å²) in [4.78, 5) is 17.3. The van der Waals surface area contributed by atoms with Crippen molar-refractivity contribution in [3.8, 4) is 28.6 Å². The van der Waals surface area contributed by atoms with Gasteiger partial charge in [-0.2, -0.15) is 4.98 Å². The molecular formula is C29H33N3O7. The van der Waals surface area contributed by atoms with Crippen LogP contribution in [0, 0.1) is 0 Å². The molecule has 1 aliphatic heterocycles. The van der Waals surface area contributed by atoms with Gasteiger partial charge >= 0.3 is 6.09 Å². The molecule has 0 spiro atoms. The second kappa shape index (κ2) is 10.0. The van der Waals surface area contributed by atoms with Crippen LogP contribution in [0.15, 0.2) is 57.5 Å². The summed E-state index contributed by atoms with van der Waals surface area (Å²) in [7, 11) is 0. The molecule has 3 heterocycles. The molecule has 0 atom stereocenters. The predicted molar refractivity (Wildman–Crippen MR) is 143 cm³/mol. The Labute approximate surface area is 226 Å². The quantitative estimate of drug-likeness (QED) is 0.315. The molecule has 0 unspecified atom stereocenters. The lowest BCUT2D eigenvalue weighted by atomic mass is 9.96. The molecule has 2 aromatic carbocycles. The molecular weight excluding hydrogens is 502 g/mol. The summed E-state index contributed by atoms with van der Waals surface area (Å²) in [6.45, 7) is 11.9. The van der Waals surface area contributed by atoms with E-state index in [1.54, 1.807) is 20.8 Å². The van der Waals surface area contributed by atoms with E-state index in [-0.39, 0.29) is 13.2 Å². The molecule has 0 saturated carbocycles. The molecule has 10 nitrogen and oxygen atoms in total. The van der Waals surface area contributed by atoms with Crippen LogP contribution < -0.4 is 10.1 Å². The van der Waals surface area contributed by atoms with E-state index in [0.29, 0.717) is 29.7 Å². The number of furan rings is 1. The van der Waals surface area contributed by atoms with Crippen LogP contribution in [0.4, 0.5) is 4.79 Å². The Morgan fingerprint density at radius 1 is 1.03 bits per heavy atom. The maximum atomic E-state index is 12.8. The number of fused-ring (bicyclic) bond motifs is 1. The summed E-state index contributed by atoms with van der Waals surface area (Å²) in [5.41, 5.74) is 0.420. The number of amides is 1. The second-order valence-electron chi connectivity index (χ2n) is 10.9. The fourth-order valence-corrected chi connectivity index (χ4v) is 4.19. The molecule has 0 aliphatic carbocycles. The summed E-state index contributed by atoms with van der Waals surface area (Å²) in [6, 6.07) is 14.9. The minimum atomic E-state index is -1.08. The lowest BCUT2D eigenvalue weighted by Gasteiger charge is -2.42. The van der Waals surface area contributed by atoms with Crippen molar-refractivity contribution < 1.29 is 32.7 Å². The highest BCUT2D eigenvalue weighted by atomic mass is 16.7. The normalized spacial score (nSPS) is 16.7. The Hall–Kier alpha value is -3.89. The van der Waals surface area contributed by atoms with Crippen molar-refractivity contribution in [2.24, 2.45) is 0 Å². The lowest BCUT2D eigenvalue weighted by molar-refractivity contribution is -0.274. The fraction of sp³-hybridized carbons (Fsp3) is 0.414. The number of nitrogens with one attached hydrogen (secondary N) is 1. The monoisotopic (exact) mass is 535 g/mol. The molecule has 1 N–H and O–H groups in total. The van der Waals surface area contributed by atoms with Gasteiger partial charge in [-0.15, -0.1) is 0 Å². The molecule has 206 valence electrons. The van der Waals surface area contributed by atoms with Crippen molar-refractivity contribution in [2.75, 3.05) is 19.8 Å². The third kappa shape index (κ3) is 5.91. The zero-order valence-electron chi connectivity index (χ0n) is 23.0. The van der Waals surface area contributed by atoms with E-state index < -0.39 is 23.0 Å².